The number of nitrogens with zero attached hydrogens (tertiary/aromatic N) is 2. The largest absolute Gasteiger partial charge is 0.455 e. The zero-order chi connectivity index (χ0) is 16.2. The van der Waals surface area contributed by atoms with Gasteiger partial charge in [0, 0.05) is 25.1 Å². The van der Waals surface area contributed by atoms with Gasteiger partial charge in [0.1, 0.15) is 11.6 Å². The summed E-state index contributed by atoms with van der Waals surface area (Å²) in [6.45, 7) is 0. The van der Waals surface area contributed by atoms with Crippen molar-refractivity contribution in [1.82, 2.24) is 9.55 Å². The van der Waals surface area contributed by atoms with E-state index in [1.807, 2.05) is 17.8 Å². The van der Waals surface area contributed by atoms with Gasteiger partial charge in [-0.3, -0.25) is 4.79 Å². The van der Waals surface area contributed by atoms with Gasteiger partial charge in [0.05, 0.1) is 5.75 Å². The molecular formula is C16H14FN3O2S. The summed E-state index contributed by atoms with van der Waals surface area (Å²) in [5, 5.41) is 3.53. The highest BCUT2D eigenvalue weighted by Gasteiger charge is 2.12. The Morgan fingerprint density at radius 1 is 1.30 bits per heavy atom. The molecule has 0 saturated heterocycles. The molecule has 7 heteroatoms. The number of aromatic nitrogens is 2. The molecule has 3 rings (SSSR count). The highest BCUT2D eigenvalue weighted by molar-refractivity contribution is 7.98. The Morgan fingerprint density at radius 3 is 2.78 bits per heavy atom. The molecule has 0 aliphatic rings. The van der Waals surface area contributed by atoms with Crippen LogP contribution in [-0.4, -0.2) is 15.5 Å². The molecule has 0 unspecified atom stereocenters. The van der Waals surface area contributed by atoms with Crippen LogP contribution in [0.2, 0.25) is 0 Å². The molecule has 0 spiro atoms. The fourth-order valence-electron chi connectivity index (χ4n) is 1.93. The lowest BCUT2D eigenvalue weighted by atomic mass is 10.3. The minimum Gasteiger partial charge on any atom is -0.455 e. The number of amides is 1. The number of halogens is 1. The zero-order valence-corrected chi connectivity index (χ0v) is 13.1. The molecule has 1 N–H and O–H groups in total. The second-order valence-electron chi connectivity index (χ2n) is 4.84. The number of furan rings is 1. The van der Waals surface area contributed by atoms with E-state index in [-0.39, 0.29) is 17.5 Å². The Hall–Kier alpha value is -2.54. The lowest BCUT2D eigenvalue weighted by molar-refractivity contribution is 0.0995. The van der Waals surface area contributed by atoms with Gasteiger partial charge in [-0.1, -0.05) is 11.8 Å². The quantitative estimate of drug-likeness (QED) is 0.724. The molecule has 2 aromatic heterocycles. The number of thioether (sulfide) groups is 1. The number of anilines is 1. The lowest BCUT2D eigenvalue weighted by Crippen LogP contribution is -2.10. The smallest absolute Gasteiger partial charge is 0.291 e. The summed E-state index contributed by atoms with van der Waals surface area (Å²) in [4.78, 5) is 16.3. The normalized spacial score (nSPS) is 10.7. The number of carbonyl (C=O) groups is 1. The Kier molecular flexibility index (Phi) is 4.47. The van der Waals surface area contributed by atoms with Crippen LogP contribution in [0.5, 0.6) is 0 Å². The lowest BCUT2D eigenvalue weighted by Gasteiger charge is -2.03. The summed E-state index contributed by atoms with van der Waals surface area (Å²) >= 11 is 1.52. The second kappa shape index (κ2) is 6.70. The van der Waals surface area contributed by atoms with Gasteiger partial charge in [0.2, 0.25) is 0 Å². The van der Waals surface area contributed by atoms with Crippen molar-refractivity contribution in [2.75, 3.05) is 5.32 Å². The van der Waals surface area contributed by atoms with E-state index in [9.17, 15) is 9.18 Å². The van der Waals surface area contributed by atoms with E-state index in [1.165, 1.54) is 36.0 Å². The number of benzene rings is 1. The maximum absolute atomic E-state index is 12.8. The molecule has 0 bridgehead atoms. The third kappa shape index (κ3) is 3.81. The van der Waals surface area contributed by atoms with Gasteiger partial charge in [-0.2, -0.15) is 0 Å². The number of hydrogen-bond acceptors (Lipinski definition) is 4. The van der Waals surface area contributed by atoms with Gasteiger partial charge < -0.3 is 14.3 Å². The average Bonchev–Trinajstić information content (AvgIpc) is 3.16. The molecule has 1 amide bonds. The first-order chi connectivity index (χ1) is 11.1. The molecule has 118 valence electrons. The van der Waals surface area contributed by atoms with Gasteiger partial charge in [0.25, 0.3) is 5.91 Å². The van der Waals surface area contributed by atoms with E-state index in [2.05, 4.69) is 10.3 Å². The number of rotatable bonds is 5. The first-order valence-corrected chi connectivity index (χ1v) is 7.86. The second-order valence-corrected chi connectivity index (χ2v) is 5.78. The summed E-state index contributed by atoms with van der Waals surface area (Å²) < 4.78 is 20.3. The average molecular weight is 331 g/mol. The van der Waals surface area contributed by atoms with Crippen molar-refractivity contribution in [3.63, 3.8) is 0 Å². The van der Waals surface area contributed by atoms with E-state index in [1.54, 1.807) is 18.3 Å². The Morgan fingerprint density at radius 2 is 2.09 bits per heavy atom. The van der Waals surface area contributed by atoms with E-state index in [0.717, 1.165) is 5.16 Å². The maximum atomic E-state index is 12.8. The Labute approximate surface area is 136 Å². The van der Waals surface area contributed by atoms with Crippen LogP contribution in [0.3, 0.4) is 0 Å². The van der Waals surface area contributed by atoms with Crippen molar-refractivity contribution in [2.24, 2.45) is 7.05 Å². The topological polar surface area (TPSA) is 60.1 Å². The van der Waals surface area contributed by atoms with E-state index in [4.69, 9.17) is 4.42 Å². The summed E-state index contributed by atoms with van der Waals surface area (Å²) in [6, 6.07) is 8.93. The van der Waals surface area contributed by atoms with E-state index < -0.39 is 0 Å². The fourth-order valence-corrected chi connectivity index (χ4v) is 2.76. The van der Waals surface area contributed by atoms with E-state index in [0.29, 0.717) is 17.2 Å². The molecule has 0 atom stereocenters. The molecule has 0 aliphatic heterocycles. The van der Waals surface area contributed by atoms with E-state index >= 15 is 0 Å². The van der Waals surface area contributed by atoms with Gasteiger partial charge in [-0.15, -0.1) is 0 Å². The van der Waals surface area contributed by atoms with Crippen molar-refractivity contribution in [3.05, 3.63) is 66.1 Å². The summed E-state index contributed by atoms with van der Waals surface area (Å²) in [5.74, 6) is 0.751. The first-order valence-electron chi connectivity index (χ1n) is 6.87. The molecule has 0 saturated carbocycles. The summed E-state index contributed by atoms with van der Waals surface area (Å²) in [5.41, 5.74) is 0.511. The molecule has 0 aliphatic carbocycles. The summed E-state index contributed by atoms with van der Waals surface area (Å²) in [6.07, 6.45) is 3.60. The molecule has 2 heterocycles. The number of carbonyl (C=O) groups excluding carboxylic acids is 1. The Balaban J connectivity index is 1.60. The van der Waals surface area contributed by atoms with Gasteiger partial charge in [-0.25, -0.2) is 9.37 Å². The van der Waals surface area contributed by atoms with Crippen LogP contribution in [0, 0.1) is 5.82 Å². The highest BCUT2D eigenvalue weighted by Crippen LogP contribution is 2.22. The minimum absolute atomic E-state index is 0.213. The van der Waals surface area contributed by atoms with Crippen molar-refractivity contribution in [3.8, 4) is 0 Å². The third-order valence-electron chi connectivity index (χ3n) is 3.11. The van der Waals surface area contributed by atoms with Gasteiger partial charge in [0.15, 0.2) is 10.9 Å². The SMILES string of the molecule is Cn1ccnc1SCc1ccc(C(=O)Nc2ccc(F)cc2)o1. The fraction of sp³-hybridized carbons (Fsp3) is 0.125. The number of imidazole rings is 1. The van der Waals surface area contributed by atoms with Crippen molar-refractivity contribution < 1.29 is 13.6 Å². The molecule has 5 nitrogen and oxygen atoms in total. The van der Waals surface area contributed by atoms with Crippen LogP contribution >= 0.6 is 11.8 Å². The Bertz CT molecular complexity index is 811. The van der Waals surface area contributed by atoms with Crippen LogP contribution in [0.4, 0.5) is 10.1 Å². The van der Waals surface area contributed by atoms with Crippen molar-refractivity contribution in [2.45, 2.75) is 10.9 Å². The zero-order valence-electron chi connectivity index (χ0n) is 12.3. The molecule has 1 aromatic carbocycles. The molecule has 0 fully saturated rings. The minimum atomic E-state index is -0.371. The van der Waals surface area contributed by atoms with Crippen molar-refractivity contribution in [1.29, 1.82) is 0 Å². The standard InChI is InChI=1S/C16H14FN3O2S/c1-20-9-8-18-16(20)23-10-13-6-7-14(22-13)15(21)19-12-4-2-11(17)3-5-12/h2-9H,10H2,1H3,(H,19,21). The molecule has 23 heavy (non-hydrogen) atoms. The maximum Gasteiger partial charge on any atom is 0.291 e. The monoisotopic (exact) mass is 331 g/mol. The molecular weight excluding hydrogens is 317 g/mol. The predicted molar refractivity (Wildman–Crippen MR) is 85.8 cm³/mol. The van der Waals surface area contributed by atoms with Crippen LogP contribution in [0.1, 0.15) is 16.3 Å². The van der Waals surface area contributed by atoms with Gasteiger partial charge in [-0.05, 0) is 36.4 Å². The van der Waals surface area contributed by atoms with Crippen LogP contribution in [0.15, 0.2) is 58.4 Å². The highest BCUT2D eigenvalue weighted by atomic mass is 32.2. The molecule has 3 aromatic rings. The number of nitrogens with one attached hydrogen (secondary N) is 1. The van der Waals surface area contributed by atoms with Crippen LogP contribution in [-0.2, 0) is 12.8 Å². The van der Waals surface area contributed by atoms with Crippen molar-refractivity contribution >= 4 is 23.4 Å². The van der Waals surface area contributed by atoms with Gasteiger partial charge >= 0.3 is 0 Å². The van der Waals surface area contributed by atoms with Crippen LogP contribution < -0.4 is 5.32 Å². The molecule has 0 radical (unpaired) electrons. The first kappa shape index (κ1) is 15.4. The number of hydrogen-bond donors (Lipinski definition) is 1. The van der Waals surface area contributed by atoms with Crippen LogP contribution in [0.25, 0.3) is 0 Å². The summed E-state index contributed by atoms with van der Waals surface area (Å²) in [7, 11) is 1.92. The number of aryl methyl sites for hydroxylation is 1. The predicted octanol–water partition coefficient (Wildman–Crippen LogP) is 3.70. The third-order valence-corrected chi connectivity index (χ3v) is 4.19.